The maximum Gasteiger partial charge on any atom is 0.237 e. The van der Waals surface area contributed by atoms with Gasteiger partial charge in [0.15, 0.2) is 5.76 Å². The number of amides is 1. The monoisotopic (exact) mass is 345 g/mol. The van der Waals surface area contributed by atoms with Crippen LogP contribution in [0.5, 0.6) is 0 Å². The van der Waals surface area contributed by atoms with E-state index in [-0.39, 0.29) is 23.8 Å². The topological polar surface area (TPSA) is 58.4 Å². The summed E-state index contributed by atoms with van der Waals surface area (Å²) in [6, 6.07) is 7.96. The van der Waals surface area contributed by atoms with E-state index in [4.69, 9.17) is 4.52 Å². The van der Waals surface area contributed by atoms with Gasteiger partial charge in [0.05, 0.1) is 12.6 Å². The highest BCUT2D eigenvalue weighted by Gasteiger charge is 2.33. The molecule has 1 aliphatic heterocycles. The third-order valence-electron chi connectivity index (χ3n) is 4.39. The Labute approximate surface area is 147 Å². The van der Waals surface area contributed by atoms with Crippen LogP contribution in [-0.4, -0.2) is 34.6 Å². The Morgan fingerprint density at radius 3 is 2.76 bits per heavy atom. The van der Waals surface area contributed by atoms with Crippen molar-refractivity contribution in [3.63, 3.8) is 0 Å². The molecule has 2 unspecified atom stereocenters. The van der Waals surface area contributed by atoms with Crippen LogP contribution < -0.4 is 5.32 Å². The standard InChI is InChI=1S/C19H24FN3O2/c1-12(2)8-18-19(24)21-13(3)10-23(18)11-16-9-17(22-25-16)14-4-6-15(20)7-5-14/h4-7,9,12-13,18H,8,10-11H2,1-3H3,(H,21,24). The van der Waals surface area contributed by atoms with E-state index < -0.39 is 0 Å². The lowest BCUT2D eigenvalue weighted by Gasteiger charge is -2.38. The molecule has 0 spiro atoms. The van der Waals surface area contributed by atoms with Gasteiger partial charge in [-0.25, -0.2) is 4.39 Å². The predicted molar refractivity (Wildman–Crippen MR) is 93.2 cm³/mol. The van der Waals surface area contributed by atoms with Gasteiger partial charge < -0.3 is 9.84 Å². The molecule has 134 valence electrons. The molecule has 5 nitrogen and oxygen atoms in total. The lowest BCUT2D eigenvalue weighted by Crippen LogP contribution is -2.58. The number of benzene rings is 1. The van der Waals surface area contributed by atoms with Crippen LogP contribution in [0.4, 0.5) is 4.39 Å². The summed E-state index contributed by atoms with van der Waals surface area (Å²) in [5.74, 6) is 0.925. The lowest BCUT2D eigenvalue weighted by atomic mass is 9.98. The maximum atomic E-state index is 13.0. The molecule has 1 aliphatic rings. The quantitative estimate of drug-likeness (QED) is 0.904. The Hall–Kier alpha value is -2.21. The number of carbonyl (C=O) groups excluding carboxylic acids is 1. The van der Waals surface area contributed by atoms with Crippen LogP contribution in [0.2, 0.25) is 0 Å². The molecule has 0 radical (unpaired) electrons. The molecule has 2 heterocycles. The van der Waals surface area contributed by atoms with Gasteiger partial charge in [0.25, 0.3) is 0 Å². The number of aromatic nitrogens is 1. The Kier molecular flexibility index (Phi) is 5.18. The Bertz CT molecular complexity index is 727. The molecule has 2 atom stereocenters. The first kappa shape index (κ1) is 17.6. The fourth-order valence-electron chi connectivity index (χ4n) is 3.25. The molecule has 0 bridgehead atoms. The minimum atomic E-state index is -0.280. The van der Waals surface area contributed by atoms with Gasteiger partial charge in [0, 0.05) is 24.2 Å². The van der Waals surface area contributed by atoms with E-state index in [2.05, 4.69) is 29.2 Å². The average molecular weight is 345 g/mol. The van der Waals surface area contributed by atoms with E-state index in [1.54, 1.807) is 12.1 Å². The van der Waals surface area contributed by atoms with E-state index >= 15 is 0 Å². The Morgan fingerprint density at radius 1 is 1.36 bits per heavy atom. The highest BCUT2D eigenvalue weighted by Crippen LogP contribution is 2.23. The second-order valence-electron chi connectivity index (χ2n) is 7.17. The first-order chi connectivity index (χ1) is 11.9. The first-order valence-corrected chi connectivity index (χ1v) is 8.68. The second-order valence-corrected chi connectivity index (χ2v) is 7.17. The van der Waals surface area contributed by atoms with E-state index in [0.29, 0.717) is 23.9 Å². The number of rotatable bonds is 5. The molecule has 1 saturated heterocycles. The molecule has 2 aromatic rings. The summed E-state index contributed by atoms with van der Waals surface area (Å²) in [4.78, 5) is 14.5. The van der Waals surface area contributed by atoms with Crippen LogP contribution in [0.1, 0.15) is 33.0 Å². The molecule has 1 fully saturated rings. The van der Waals surface area contributed by atoms with Crippen molar-refractivity contribution in [3.05, 3.63) is 41.9 Å². The third-order valence-corrected chi connectivity index (χ3v) is 4.39. The zero-order valence-corrected chi connectivity index (χ0v) is 14.8. The SMILES string of the molecule is CC(C)CC1C(=O)NC(C)CN1Cc1cc(-c2ccc(F)cc2)no1. The number of carbonyl (C=O) groups is 1. The fraction of sp³-hybridized carbons (Fsp3) is 0.474. The maximum absolute atomic E-state index is 13.0. The first-order valence-electron chi connectivity index (χ1n) is 8.68. The molecular formula is C19H24FN3O2. The zero-order chi connectivity index (χ0) is 18.0. The highest BCUT2D eigenvalue weighted by molar-refractivity contribution is 5.82. The van der Waals surface area contributed by atoms with Crippen molar-refractivity contribution in [2.45, 2.75) is 45.8 Å². The van der Waals surface area contributed by atoms with Gasteiger partial charge in [-0.15, -0.1) is 0 Å². The number of piperazine rings is 1. The van der Waals surface area contributed by atoms with Crippen LogP contribution >= 0.6 is 0 Å². The molecule has 6 heteroatoms. The van der Waals surface area contributed by atoms with Gasteiger partial charge in [-0.3, -0.25) is 9.69 Å². The molecule has 1 N–H and O–H groups in total. The summed E-state index contributed by atoms with van der Waals surface area (Å²) in [7, 11) is 0. The van der Waals surface area contributed by atoms with Crippen LogP contribution in [0, 0.1) is 11.7 Å². The van der Waals surface area contributed by atoms with Gasteiger partial charge in [-0.2, -0.15) is 0 Å². The highest BCUT2D eigenvalue weighted by atomic mass is 19.1. The molecule has 1 aromatic carbocycles. The van der Waals surface area contributed by atoms with Crippen LogP contribution in [0.15, 0.2) is 34.9 Å². The second kappa shape index (κ2) is 7.35. The zero-order valence-electron chi connectivity index (χ0n) is 14.8. The summed E-state index contributed by atoms with van der Waals surface area (Å²) in [6.07, 6.45) is 0.803. The number of nitrogens with zero attached hydrogens (tertiary/aromatic N) is 2. The predicted octanol–water partition coefficient (Wildman–Crippen LogP) is 3.22. The average Bonchev–Trinajstić information content (AvgIpc) is 2.99. The van der Waals surface area contributed by atoms with Crippen LogP contribution in [0.3, 0.4) is 0 Å². The molecule has 1 amide bonds. The molecule has 3 rings (SSSR count). The molecule has 0 aliphatic carbocycles. The van der Waals surface area contributed by atoms with Crippen molar-refractivity contribution < 1.29 is 13.7 Å². The summed E-state index contributed by atoms with van der Waals surface area (Å²) >= 11 is 0. The molecular weight excluding hydrogens is 321 g/mol. The molecule has 0 saturated carbocycles. The number of nitrogens with one attached hydrogen (secondary N) is 1. The van der Waals surface area contributed by atoms with E-state index in [9.17, 15) is 9.18 Å². The number of hydrogen-bond donors (Lipinski definition) is 1. The van der Waals surface area contributed by atoms with Crippen molar-refractivity contribution in [3.8, 4) is 11.3 Å². The Balaban J connectivity index is 1.75. The van der Waals surface area contributed by atoms with Gasteiger partial charge in [0.2, 0.25) is 5.91 Å². The summed E-state index contributed by atoms with van der Waals surface area (Å²) in [5.41, 5.74) is 1.48. The smallest absolute Gasteiger partial charge is 0.237 e. The van der Waals surface area contributed by atoms with E-state index in [0.717, 1.165) is 18.5 Å². The lowest BCUT2D eigenvalue weighted by molar-refractivity contribution is -0.131. The van der Waals surface area contributed by atoms with E-state index in [1.807, 2.05) is 13.0 Å². The minimum Gasteiger partial charge on any atom is -0.359 e. The van der Waals surface area contributed by atoms with Crippen LogP contribution in [0.25, 0.3) is 11.3 Å². The number of halogens is 1. The Morgan fingerprint density at radius 2 is 2.08 bits per heavy atom. The summed E-state index contributed by atoms with van der Waals surface area (Å²) in [6.45, 7) is 7.54. The number of hydrogen-bond acceptors (Lipinski definition) is 4. The molecule has 1 aromatic heterocycles. The van der Waals surface area contributed by atoms with Gasteiger partial charge in [-0.1, -0.05) is 19.0 Å². The van der Waals surface area contributed by atoms with Crippen LogP contribution in [-0.2, 0) is 11.3 Å². The van der Waals surface area contributed by atoms with Crippen molar-refractivity contribution in [2.24, 2.45) is 5.92 Å². The third kappa shape index (κ3) is 4.25. The summed E-state index contributed by atoms with van der Waals surface area (Å²) < 4.78 is 18.5. The van der Waals surface area contributed by atoms with E-state index in [1.165, 1.54) is 12.1 Å². The minimum absolute atomic E-state index is 0.0747. The largest absolute Gasteiger partial charge is 0.359 e. The van der Waals surface area contributed by atoms with Crippen molar-refractivity contribution >= 4 is 5.91 Å². The normalized spacial score (nSPS) is 21.6. The van der Waals surface area contributed by atoms with Gasteiger partial charge >= 0.3 is 0 Å². The fourth-order valence-corrected chi connectivity index (χ4v) is 3.25. The van der Waals surface area contributed by atoms with Crippen molar-refractivity contribution in [1.29, 1.82) is 0 Å². The van der Waals surface area contributed by atoms with Crippen molar-refractivity contribution in [2.75, 3.05) is 6.54 Å². The summed E-state index contributed by atoms with van der Waals surface area (Å²) in [5, 5.41) is 7.11. The van der Waals surface area contributed by atoms with Gasteiger partial charge in [0.1, 0.15) is 11.5 Å². The van der Waals surface area contributed by atoms with Gasteiger partial charge in [-0.05, 0) is 43.5 Å². The molecule has 25 heavy (non-hydrogen) atoms. The van der Waals surface area contributed by atoms with Crippen molar-refractivity contribution in [1.82, 2.24) is 15.4 Å².